The highest BCUT2D eigenvalue weighted by Gasteiger charge is 2.18. The number of nitrogens with one attached hydrogen (secondary N) is 1. The van der Waals surface area contributed by atoms with E-state index < -0.39 is 5.91 Å². The van der Waals surface area contributed by atoms with Crippen molar-refractivity contribution in [2.24, 2.45) is 7.05 Å². The molecule has 0 atom stereocenters. The highest BCUT2D eigenvalue weighted by molar-refractivity contribution is 7.71. The normalized spacial score (nSPS) is 10.9. The summed E-state index contributed by atoms with van der Waals surface area (Å²) in [6.07, 6.45) is 3.06. The smallest absolute Gasteiger partial charge is 0.263 e. The van der Waals surface area contributed by atoms with E-state index in [9.17, 15) is 9.59 Å². The van der Waals surface area contributed by atoms with Crippen molar-refractivity contribution in [2.75, 3.05) is 5.32 Å². The number of benzene rings is 1. The van der Waals surface area contributed by atoms with Crippen molar-refractivity contribution >= 4 is 35.1 Å². The number of carbonyl (C=O) groups is 1. The number of fused-ring (bicyclic) bond motifs is 1. The van der Waals surface area contributed by atoms with Gasteiger partial charge in [0.25, 0.3) is 11.5 Å². The molecule has 1 amide bonds. The topological polar surface area (TPSA) is 94.7 Å². The van der Waals surface area contributed by atoms with Crippen LogP contribution < -0.4 is 10.9 Å². The first-order valence-electron chi connectivity index (χ1n) is 9.19. The summed E-state index contributed by atoms with van der Waals surface area (Å²) in [5, 5.41) is 2.94. The van der Waals surface area contributed by atoms with Gasteiger partial charge in [-0.1, -0.05) is 30.3 Å². The first-order chi connectivity index (χ1) is 14.5. The highest BCUT2D eigenvalue weighted by atomic mass is 32.1. The van der Waals surface area contributed by atoms with E-state index in [2.05, 4.69) is 20.3 Å². The van der Waals surface area contributed by atoms with Crippen molar-refractivity contribution in [3.05, 3.63) is 86.8 Å². The molecule has 0 saturated carbocycles. The van der Waals surface area contributed by atoms with Crippen LogP contribution in [-0.4, -0.2) is 30.0 Å². The van der Waals surface area contributed by atoms with Crippen LogP contribution in [0.5, 0.6) is 0 Å². The zero-order chi connectivity index (χ0) is 21.3. The Balaban J connectivity index is 1.85. The van der Waals surface area contributed by atoms with E-state index in [4.69, 9.17) is 12.2 Å². The Morgan fingerprint density at radius 2 is 1.83 bits per heavy atom. The quantitative estimate of drug-likeness (QED) is 0.512. The Hall–Kier alpha value is -3.72. The molecule has 0 radical (unpaired) electrons. The lowest BCUT2D eigenvalue weighted by atomic mass is 10.1. The fourth-order valence-corrected chi connectivity index (χ4v) is 3.40. The van der Waals surface area contributed by atoms with Gasteiger partial charge in [0.05, 0.1) is 23.2 Å². The molecule has 9 heteroatoms. The van der Waals surface area contributed by atoms with E-state index in [0.29, 0.717) is 28.0 Å². The maximum absolute atomic E-state index is 12.9. The molecule has 0 fully saturated rings. The van der Waals surface area contributed by atoms with Crippen LogP contribution in [0, 0.1) is 11.7 Å². The van der Waals surface area contributed by atoms with E-state index in [-0.39, 0.29) is 17.1 Å². The Morgan fingerprint density at radius 3 is 2.53 bits per heavy atom. The maximum atomic E-state index is 12.9. The van der Waals surface area contributed by atoms with Crippen LogP contribution in [0.2, 0.25) is 0 Å². The predicted molar refractivity (Wildman–Crippen MR) is 116 cm³/mol. The minimum absolute atomic E-state index is 0.176. The lowest BCUT2D eigenvalue weighted by Gasteiger charge is -2.15. The molecular weight excluding hydrogens is 400 g/mol. The minimum atomic E-state index is -0.438. The van der Waals surface area contributed by atoms with Crippen LogP contribution in [0.15, 0.2) is 59.7 Å². The van der Waals surface area contributed by atoms with Crippen LogP contribution in [-0.2, 0) is 13.6 Å². The van der Waals surface area contributed by atoms with Gasteiger partial charge in [0.15, 0.2) is 4.77 Å². The summed E-state index contributed by atoms with van der Waals surface area (Å²) < 4.78 is 3.55. The first kappa shape index (κ1) is 19.6. The molecule has 0 unspecified atom stereocenters. The van der Waals surface area contributed by atoms with Gasteiger partial charge >= 0.3 is 0 Å². The summed E-state index contributed by atoms with van der Waals surface area (Å²) in [5.74, 6) is -0.262. The van der Waals surface area contributed by atoms with Crippen molar-refractivity contribution in [3.8, 4) is 0 Å². The Bertz CT molecular complexity index is 1360. The van der Waals surface area contributed by atoms with Gasteiger partial charge in [-0.15, -0.1) is 0 Å². The molecule has 0 saturated heterocycles. The zero-order valence-electron chi connectivity index (χ0n) is 16.4. The Morgan fingerprint density at radius 1 is 1.13 bits per heavy atom. The van der Waals surface area contributed by atoms with Crippen molar-refractivity contribution in [2.45, 2.75) is 13.5 Å². The number of rotatable bonds is 4. The predicted octanol–water partition coefficient (Wildman–Crippen LogP) is 2.86. The molecule has 1 aromatic carbocycles. The number of amides is 1. The van der Waals surface area contributed by atoms with E-state index in [1.54, 1.807) is 30.7 Å². The summed E-state index contributed by atoms with van der Waals surface area (Å²) in [4.78, 5) is 38.2. The molecule has 4 aromatic rings. The molecule has 0 aliphatic heterocycles. The minimum Gasteiger partial charge on any atom is -0.298 e. The summed E-state index contributed by atoms with van der Waals surface area (Å²) in [6.45, 7) is 2.17. The number of aryl methyl sites for hydroxylation is 1. The van der Waals surface area contributed by atoms with Crippen LogP contribution in [0.25, 0.3) is 11.0 Å². The molecule has 4 rings (SSSR count). The third kappa shape index (κ3) is 3.62. The number of nitrogens with zero attached hydrogens (tertiary/aromatic N) is 5. The number of aromatic nitrogens is 5. The van der Waals surface area contributed by atoms with Gasteiger partial charge in [0, 0.05) is 19.4 Å². The standard InChI is InChI=1S/C21H18N6O2S/c1-13-15(18(28)25-20-22-9-6-10-23-20)11-16-17(24-13)27(21(30)26(2)19(16)29)12-14-7-4-3-5-8-14/h3-11H,12H2,1-2H3,(H,22,23,25,28). The molecule has 3 aromatic heterocycles. The fourth-order valence-electron chi connectivity index (χ4n) is 3.17. The molecule has 150 valence electrons. The number of anilines is 1. The fraction of sp³-hybridized carbons (Fsp3) is 0.143. The van der Waals surface area contributed by atoms with Gasteiger partial charge in [-0.2, -0.15) is 0 Å². The largest absolute Gasteiger partial charge is 0.298 e. The zero-order valence-corrected chi connectivity index (χ0v) is 17.2. The van der Waals surface area contributed by atoms with Crippen molar-refractivity contribution in [1.29, 1.82) is 0 Å². The van der Waals surface area contributed by atoms with Crippen molar-refractivity contribution in [1.82, 2.24) is 24.1 Å². The van der Waals surface area contributed by atoms with E-state index in [1.165, 1.54) is 17.0 Å². The van der Waals surface area contributed by atoms with Crippen molar-refractivity contribution in [3.63, 3.8) is 0 Å². The third-order valence-corrected chi connectivity index (χ3v) is 5.22. The molecule has 0 bridgehead atoms. The molecule has 1 N–H and O–H groups in total. The van der Waals surface area contributed by atoms with E-state index >= 15 is 0 Å². The van der Waals surface area contributed by atoms with Gasteiger partial charge in [-0.3, -0.25) is 24.0 Å². The highest BCUT2D eigenvalue weighted by Crippen LogP contribution is 2.17. The molecule has 0 spiro atoms. The Labute approximate surface area is 176 Å². The lowest BCUT2D eigenvalue weighted by molar-refractivity contribution is 0.102. The van der Waals surface area contributed by atoms with Crippen LogP contribution >= 0.6 is 12.2 Å². The Kier molecular flexibility index (Phi) is 5.20. The summed E-state index contributed by atoms with van der Waals surface area (Å²) in [6, 6.07) is 13.0. The van der Waals surface area contributed by atoms with Gasteiger partial charge in [-0.05, 0) is 36.8 Å². The van der Waals surface area contributed by atoms with Gasteiger partial charge < -0.3 is 0 Å². The molecular formula is C21H18N6O2S. The first-order valence-corrected chi connectivity index (χ1v) is 9.60. The number of hydrogen-bond donors (Lipinski definition) is 1. The number of hydrogen-bond acceptors (Lipinski definition) is 6. The van der Waals surface area contributed by atoms with E-state index in [1.807, 2.05) is 30.3 Å². The second-order valence-corrected chi connectivity index (χ2v) is 7.10. The van der Waals surface area contributed by atoms with Gasteiger partial charge in [-0.25, -0.2) is 15.0 Å². The maximum Gasteiger partial charge on any atom is 0.263 e. The van der Waals surface area contributed by atoms with Crippen LogP contribution in [0.1, 0.15) is 21.6 Å². The lowest BCUT2D eigenvalue weighted by Crippen LogP contribution is -2.25. The van der Waals surface area contributed by atoms with Crippen LogP contribution in [0.4, 0.5) is 5.95 Å². The summed E-state index contributed by atoms with van der Waals surface area (Å²) >= 11 is 5.51. The second-order valence-electron chi connectivity index (χ2n) is 6.74. The summed E-state index contributed by atoms with van der Waals surface area (Å²) in [5.41, 5.74) is 1.90. The molecule has 30 heavy (non-hydrogen) atoms. The average Bonchev–Trinajstić information content (AvgIpc) is 2.76. The van der Waals surface area contributed by atoms with Crippen molar-refractivity contribution < 1.29 is 4.79 Å². The molecule has 0 aliphatic carbocycles. The third-order valence-electron chi connectivity index (χ3n) is 4.72. The molecule has 8 nitrogen and oxygen atoms in total. The second kappa shape index (κ2) is 7.96. The van der Waals surface area contributed by atoms with Gasteiger partial charge in [0.1, 0.15) is 5.65 Å². The molecule has 0 aliphatic rings. The number of pyridine rings is 1. The van der Waals surface area contributed by atoms with Gasteiger partial charge in [0.2, 0.25) is 5.95 Å². The summed E-state index contributed by atoms with van der Waals surface area (Å²) in [7, 11) is 1.61. The average molecular weight is 418 g/mol. The monoisotopic (exact) mass is 418 g/mol. The number of carbonyl (C=O) groups excluding carboxylic acids is 1. The molecule has 3 heterocycles. The van der Waals surface area contributed by atoms with Crippen LogP contribution in [0.3, 0.4) is 0 Å². The van der Waals surface area contributed by atoms with E-state index in [0.717, 1.165) is 5.56 Å². The SMILES string of the molecule is Cc1nc2c(cc1C(=O)Nc1ncccn1)c(=O)n(C)c(=S)n2Cc1ccccc1.